The first-order chi connectivity index (χ1) is 14.8. The molecule has 4 N–H and O–H groups in total. The lowest BCUT2D eigenvalue weighted by molar-refractivity contribution is 0.0691. The van der Waals surface area contributed by atoms with Crippen LogP contribution in [0.4, 0.5) is 0 Å². The fourth-order valence-electron chi connectivity index (χ4n) is 4.37. The molecule has 2 heterocycles. The first kappa shape index (κ1) is 26.7. The van der Waals surface area contributed by atoms with Crippen molar-refractivity contribution in [3.8, 4) is 17.0 Å². The summed E-state index contributed by atoms with van der Waals surface area (Å²) in [7, 11) is 6.14. The molecule has 0 saturated carbocycles. The van der Waals surface area contributed by atoms with Crippen LogP contribution in [0.25, 0.3) is 22.2 Å². The molecular formula is C23H30Cl2N4O4. The van der Waals surface area contributed by atoms with Crippen molar-refractivity contribution in [3.05, 3.63) is 50.9 Å². The second-order valence-electron chi connectivity index (χ2n) is 8.43. The number of likely N-dealkylation sites (N-methyl/N-ethyl adjacent to an activating group) is 1. The molecule has 1 aromatic carbocycles. The molecule has 1 aliphatic carbocycles. The molecule has 0 bridgehead atoms. The summed E-state index contributed by atoms with van der Waals surface area (Å²) >= 11 is 0. The molecule has 4 rings (SSSR count). The van der Waals surface area contributed by atoms with E-state index < -0.39 is 22.8 Å². The van der Waals surface area contributed by atoms with Crippen molar-refractivity contribution in [1.29, 1.82) is 0 Å². The molecule has 8 nitrogen and oxygen atoms in total. The highest BCUT2D eigenvalue weighted by atomic mass is 35.5. The summed E-state index contributed by atoms with van der Waals surface area (Å²) < 4.78 is 2.18. The molecule has 0 amide bonds. The zero-order valence-corrected chi connectivity index (χ0v) is 20.5. The van der Waals surface area contributed by atoms with Gasteiger partial charge in [0.2, 0.25) is 0 Å². The summed E-state index contributed by atoms with van der Waals surface area (Å²) in [6, 6.07) is 6.31. The fraction of sp³-hybridized carbons (Fsp3) is 0.391. The van der Waals surface area contributed by atoms with E-state index in [2.05, 4.69) is 38.9 Å². The van der Waals surface area contributed by atoms with Gasteiger partial charge in [-0.1, -0.05) is 0 Å². The normalized spacial score (nSPS) is 12.5. The molecule has 10 heteroatoms. The number of carbonyl (C=O) groups is 1. The Bertz CT molecular complexity index is 1230. The summed E-state index contributed by atoms with van der Waals surface area (Å²) in [6.07, 6.45) is 2.04. The molecule has 0 spiro atoms. The number of hydrogen-bond donors (Lipinski definition) is 4. The van der Waals surface area contributed by atoms with Crippen LogP contribution in [0.5, 0.6) is 5.75 Å². The van der Waals surface area contributed by atoms with Gasteiger partial charge in [0.25, 0.3) is 5.56 Å². The van der Waals surface area contributed by atoms with Crippen molar-refractivity contribution in [2.75, 3.05) is 27.2 Å². The highest BCUT2D eigenvalue weighted by Gasteiger charge is 2.26. The van der Waals surface area contributed by atoms with Gasteiger partial charge in [0.15, 0.2) is 5.56 Å². The molecule has 0 aliphatic heterocycles. The minimum Gasteiger partial charge on any atom is -0.506 e. The van der Waals surface area contributed by atoms with E-state index in [0.717, 1.165) is 60.2 Å². The number of H-pyrrole nitrogens is 1. The number of aryl methyl sites for hydroxylation is 2. The van der Waals surface area contributed by atoms with Gasteiger partial charge in [0.05, 0.1) is 5.69 Å². The Morgan fingerprint density at radius 2 is 1.94 bits per heavy atom. The minimum absolute atomic E-state index is 0. The van der Waals surface area contributed by atoms with Gasteiger partial charge in [-0.15, -0.1) is 24.8 Å². The van der Waals surface area contributed by atoms with Gasteiger partial charge in [-0.3, -0.25) is 4.79 Å². The van der Waals surface area contributed by atoms with E-state index in [0.29, 0.717) is 17.7 Å². The van der Waals surface area contributed by atoms with E-state index in [9.17, 15) is 19.8 Å². The molecule has 0 unspecified atom stereocenters. The Kier molecular flexibility index (Phi) is 8.59. The van der Waals surface area contributed by atoms with E-state index in [1.54, 1.807) is 0 Å². The standard InChI is InChI=1S/C23H28N4O4.2ClH/c1-26(2)8-7-24-12-15-9-14-10-17-13(11-18(14)27(15)3)5-4-6-16-20(17)25-22(29)19(21(16)28)23(30)31;;/h9-11,24H,4-8,12H2,1-3H3,(H,30,31)(H2,25,28,29);2*1H. The lowest BCUT2D eigenvalue weighted by atomic mass is 9.98. The highest BCUT2D eigenvalue weighted by Crippen LogP contribution is 2.38. The number of nitrogens with zero attached hydrogens (tertiary/aromatic N) is 2. The lowest BCUT2D eigenvalue weighted by Crippen LogP contribution is -2.26. The number of carboxylic acids is 1. The minimum atomic E-state index is -1.42. The van der Waals surface area contributed by atoms with Crippen molar-refractivity contribution in [2.45, 2.75) is 25.8 Å². The third kappa shape index (κ3) is 5.04. The van der Waals surface area contributed by atoms with Crippen LogP contribution in [0.15, 0.2) is 23.0 Å². The predicted octanol–water partition coefficient (Wildman–Crippen LogP) is 2.92. The summed E-state index contributed by atoms with van der Waals surface area (Å²) in [5.74, 6) is -1.84. The number of nitrogens with one attached hydrogen (secondary N) is 2. The van der Waals surface area contributed by atoms with Crippen molar-refractivity contribution < 1.29 is 15.0 Å². The average Bonchev–Trinajstić information content (AvgIpc) is 2.88. The summed E-state index contributed by atoms with van der Waals surface area (Å²) in [4.78, 5) is 28.7. The molecule has 0 fully saturated rings. The third-order valence-corrected chi connectivity index (χ3v) is 6.05. The molecule has 180 valence electrons. The third-order valence-electron chi connectivity index (χ3n) is 6.05. The molecule has 0 radical (unpaired) electrons. The Hall–Kier alpha value is -2.52. The Balaban J connectivity index is 0.00000193. The SMILES string of the molecule is CN(C)CCNCc1cc2cc3c(cc2n1C)CCCc1c-3[nH]c(=O)c(C(=O)O)c1O.Cl.Cl. The van der Waals surface area contributed by atoms with Crippen LogP contribution in [-0.2, 0) is 26.4 Å². The number of carboxylic acid groups (broad SMARTS) is 1. The van der Waals surface area contributed by atoms with Crippen LogP contribution in [0.3, 0.4) is 0 Å². The maximum absolute atomic E-state index is 12.4. The number of pyridine rings is 1. The maximum Gasteiger partial charge on any atom is 0.345 e. The smallest absolute Gasteiger partial charge is 0.345 e. The topological polar surface area (TPSA) is 111 Å². The predicted molar refractivity (Wildman–Crippen MR) is 134 cm³/mol. The van der Waals surface area contributed by atoms with E-state index in [1.165, 1.54) is 0 Å². The van der Waals surface area contributed by atoms with Gasteiger partial charge in [-0.2, -0.15) is 0 Å². The van der Waals surface area contributed by atoms with Crippen LogP contribution in [0, 0.1) is 0 Å². The van der Waals surface area contributed by atoms with Gasteiger partial charge in [-0.25, -0.2) is 4.79 Å². The molecule has 3 aromatic rings. The quantitative estimate of drug-likeness (QED) is 0.390. The van der Waals surface area contributed by atoms with Crippen LogP contribution in [0.2, 0.25) is 0 Å². The molecule has 33 heavy (non-hydrogen) atoms. The number of hydrogen-bond acceptors (Lipinski definition) is 5. The second-order valence-corrected chi connectivity index (χ2v) is 8.43. The zero-order valence-electron chi connectivity index (χ0n) is 18.9. The monoisotopic (exact) mass is 496 g/mol. The van der Waals surface area contributed by atoms with Gasteiger partial charge >= 0.3 is 5.97 Å². The molecule has 0 saturated heterocycles. The summed E-state index contributed by atoms with van der Waals surface area (Å²) in [5.41, 5.74) is 3.85. The first-order valence-electron chi connectivity index (χ1n) is 10.5. The number of benzene rings is 1. The number of aromatic hydroxyl groups is 1. The van der Waals surface area contributed by atoms with Crippen molar-refractivity contribution in [2.24, 2.45) is 7.05 Å². The Labute approximate surface area is 204 Å². The van der Waals surface area contributed by atoms with Crippen LogP contribution in [0.1, 0.15) is 33.6 Å². The first-order valence-corrected chi connectivity index (χ1v) is 10.5. The van der Waals surface area contributed by atoms with Crippen molar-refractivity contribution in [3.63, 3.8) is 0 Å². The van der Waals surface area contributed by atoms with Gasteiger partial charge in [0.1, 0.15) is 5.75 Å². The van der Waals surface area contributed by atoms with E-state index in [-0.39, 0.29) is 24.8 Å². The van der Waals surface area contributed by atoms with Gasteiger partial charge < -0.3 is 30.0 Å². The van der Waals surface area contributed by atoms with Crippen LogP contribution >= 0.6 is 24.8 Å². The zero-order chi connectivity index (χ0) is 22.3. The largest absolute Gasteiger partial charge is 0.506 e. The fourth-order valence-corrected chi connectivity index (χ4v) is 4.37. The maximum atomic E-state index is 12.4. The van der Waals surface area contributed by atoms with Gasteiger partial charge in [-0.05, 0) is 57.1 Å². The number of aromatic amines is 1. The molecule has 0 atom stereocenters. The van der Waals surface area contributed by atoms with Crippen LogP contribution < -0.4 is 10.9 Å². The van der Waals surface area contributed by atoms with Crippen molar-refractivity contribution in [1.82, 2.24) is 19.8 Å². The lowest BCUT2D eigenvalue weighted by Gasteiger charge is -2.13. The average molecular weight is 497 g/mol. The van der Waals surface area contributed by atoms with E-state index in [4.69, 9.17) is 0 Å². The van der Waals surface area contributed by atoms with E-state index in [1.807, 2.05) is 20.2 Å². The van der Waals surface area contributed by atoms with Gasteiger partial charge in [0, 0.05) is 54.4 Å². The summed E-state index contributed by atoms with van der Waals surface area (Å²) in [6.45, 7) is 2.61. The Morgan fingerprint density at radius 1 is 1.21 bits per heavy atom. The van der Waals surface area contributed by atoms with Crippen molar-refractivity contribution >= 4 is 41.7 Å². The Morgan fingerprint density at radius 3 is 2.61 bits per heavy atom. The number of rotatable bonds is 6. The molecular weight excluding hydrogens is 467 g/mol. The second kappa shape index (κ2) is 10.6. The number of halogens is 2. The highest BCUT2D eigenvalue weighted by molar-refractivity contribution is 5.93. The number of aromatic carboxylic acids is 1. The number of fused-ring (bicyclic) bond motifs is 4. The summed E-state index contributed by atoms with van der Waals surface area (Å²) in [5, 5.41) is 24.4. The van der Waals surface area contributed by atoms with Crippen LogP contribution in [-0.4, -0.2) is 57.8 Å². The number of aromatic nitrogens is 2. The van der Waals surface area contributed by atoms with E-state index >= 15 is 0 Å². The molecule has 1 aliphatic rings. The molecule has 2 aromatic heterocycles.